The Labute approximate surface area is 122 Å². The lowest BCUT2D eigenvalue weighted by Gasteiger charge is -2.25. The van der Waals surface area contributed by atoms with Gasteiger partial charge in [-0.15, -0.1) is 0 Å². The second-order valence-electron chi connectivity index (χ2n) is 4.81. The largest absolute Gasteiger partial charge is 0.379 e. The van der Waals surface area contributed by atoms with Gasteiger partial charge in [0, 0.05) is 18.0 Å². The molecule has 2 nitrogen and oxygen atoms in total. The molecule has 0 spiro atoms. The van der Waals surface area contributed by atoms with Gasteiger partial charge in [0.2, 0.25) is 0 Å². The molecule has 0 unspecified atom stereocenters. The van der Waals surface area contributed by atoms with Gasteiger partial charge >= 0.3 is 0 Å². The van der Waals surface area contributed by atoms with Crippen molar-refractivity contribution in [3.05, 3.63) is 29.3 Å². The van der Waals surface area contributed by atoms with Crippen LogP contribution in [-0.4, -0.2) is 30.6 Å². The van der Waals surface area contributed by atoms with Crippen molar-refractivity contribution in [2.75, 3.05) is 26.3 Å². The molecule has 1 heterocycles. The highest BCUT2D eigenvalue weighted by atomic mass is 32.2. The van der Waals surface area contributed by atoms with Crippen molar-refractivity contribution in [1.29, 1.82) is 0 Å². The third-order valence-corrected chi connectivity index (χ3v) is 4.16. The first-order valence-corrected chi connectivity index (χ1v) is 8.05. The van der Waals surface area contributed by atoms with Crippen LogP contribution in [0.1, 0.15) is 44.7 Å². The predicted molar refractivity (Wildman–Crippen MR) is 84.9 cm³/mol. The summed E-state index contributed by atoms with van der Waals surface area (Å²) in [5.74, 6) is 0.609. The second-order valence-corrected chi connectivity index (χ2v) is 5.98. The molecule has 0 atom stereocenters. The van der Waals surface area contributed by atoms with Crippen molar-refractivity contribution in [2.24, 2.45) is 0 Å². The van der Waals surface area contributed by atoms with Gasteiger partial charge in [-0.1, -0.05) is 33.8 Å². The molecule has 1 aromatic carbocycles. The van der Waals surface area contributed by atoms with E-state index in [1.165, 1.54) is 16.0 Å². The fourth-order valence-electron chi connectivity index (χ4n) is 2.14. The first kappa shape index (κ1) is 16.5. The number of rotatable bonds is 3. The SMILES string of the molecule is CC.Cc1cc(SN2CCOCC2)ccc1C(C)C. The Kier molecular flexibility index (Phi) is 7.51. The quantitative estimate of drug-likeness (QED) is 0.758. The summed E-state index contributed by atoms with van der Waals surface area (Å²) < 4.78 is 7.74. The lowest BCUT2D eigenvalue weighted by atomic mass is 9.98. The van der Waals surface area contributed by atoms with E-state index in [0.717, 1.165) is 26.3 Å². The predicted octanol–water partition coefficient (Wildman–Crippen LogP) is 4.48. The molecule has 0 radical (unpaired) electrons. The molecule has 1 saturated heterocycles. The molecule has 1 fully saturated rings. The van der Waals surface area contributed by atoms with Crippen LogP contribution in [0, 0.1) is 6.92 Å². The maximum atomic E-state index is 5.36. The summed E-state index contributed by atoms with van der Waals surface area (Å²) >= 11 is 1.85. The Hall–Kier alpha value is -0.510. The molecule has 0 N–H and O–H groups in total. The van der Waals surface area contributed by atoms with Gasteiger partial charge in [-0.2, -0.15) is 0 Å². The molecular weight excluding hydrogens is 254 g/mol. The average Bonchev–Trinajstić information content (AvgIpc) is 2.42. The lowest BCUT2D eigenvalue weighted by Crippen LogP contribution is -2.30. The lowest BCUT2D eigenvalue weighted by molar-refractivity contribution is 0.0773. The van der Waals surface area contributed by atoms with Crippen LogP contribution in [0.3, 0.4) is 0 Å². The van der Waals surface area contributed by atoms with E-state index in [1.54, 1.807) is 0 Å². The van der Waals surface area contributed by atoms with Crippen LogP contribution in [0.5, 0.6) is 0 Å². The van der Waals surface area contributed by atoms with Crippen molar-refractivity contribution in [2.45, 2.75) is 45.4 Å². The normalized spacial score (nSPS) is 16.1. The zero-order chi connectivity index (χ0) is 14.3. The first-order valence-electron chi connectivity index (χ1n) is 7.28. The van der Waals surface area contributed by atoms with Crippen molar-refractivity contribution >= 4 is 11.9 Å². The third kappa shape index (κ3) is 5.17. The highest BCUT2D eigenvalue weighted by molar-refractivity contribution is 7.97. The molecule has 0 aromatic heterocycles. The summed E-state index contributed by atoms with van der Waals surface area (Å²) in [6, 6.07) is 6.81. The minimum absolute atomic E-state index is 0.609. The van der Waals surface area contributed by atoms with Crippen molar-refractivity contribution < 1.29 is 4.74 Å². The fraction of sp³-hybridized carbons (Fsp3) is 0.625. The van der Waals surface area contributed by atoms with E-state index in [9.17, 15) is 0 Å². The summed E-state index contributed by atoms with van der Waals surface area (Å²) in [6.07, 6.45) is 0. The summed E-state index contributed by atoms with van der Waals surface area (Å²) in [5.41, 5.74) is 2.86. The van der Waals surface area contributed by atoms with Crippen LogP contribution in [0.25, 0.3) is 0 Å². The average molecular weight is 281 g/mol. The monoisotopic (exact) mass is 281 g/mol. The number of hydrogen-bond donors (Lipinski definition) is 0. The Morgan fingerprint density at radius 2 is 1.79 bits per heavy atom. The number of benzene rings is 1. The van der Waals surface area contributed by atoms with Gasteiger partial charge in [-0.25, -0.2) is 4.31 Å². The molecule has 2 rings (SSSR count). The van der Waals surface area contributed by atoms with E-state index in [-0.39, 0.29) is 0 Å². The number of morpholine rings is 1. The zero-order valence-corrected chi connectivity index (χ0v) is 13.7. The van der Waals surface area contributed by atoms with Gasteiger partial charge in [0.05, 0.1) is 13.2 Å². The fourth-order valence-corrected chi connectivity index (χ4v) is 3.13. The highest BCUT2D eigenvalue weighted by Gasteiger charge is 2.12. The number of nitrogens with zero attached hydrogens (tertiary/aromatic N) is 1. The van der Waals surface area contributed by atoms with Gasteiger partial charge in [0.25, 0.3) is 0 Å². The van der Waals surface area contributed by atoms with Gasteiger partial charge in [0.15, 0.2) is 0 Å². The Morgan fingerprint density at radius 1 is 1.16 bits per heavy atom. The third-order valence-electron chi connectivity index (χ3n) is 3.07. The Balaban J connectivity index is 0.000000861. The highest BCUT2D eigenvalue weighted by Crippen LogP contribution is 2.28. The van der Waals surface area contributed by atoms with Gasteiger partial charge < -0.3 is 4.74 Å². The van der Waals surface area contributed by atoms with Gasteiger partial charge in [-0.3, -0.25) is 0 Å². The number of aryl methyl sites for hydroxylation is 1. The van der Waals surface area contributed by atoms with E-state index in [4.69, 9.17) is 4.74 Å². The smallest absolute Gasteiger partial charge is 0.0603 e. The number of ether oxygens (including phenoxy) is 1. The van der Waals surface area contributed by atoms with E-state index in [1.807, 2.05) is 25.8 Å². The minimum Gasteiger partial charge on any atom is -0.379 e. The molecular formula is C16H27NOS. The summed E-state index contributed by atoms with van der Waals surface area (Å²) in [5, 5.41) is 0. The van der Waals surface area contributed by atoms with Crippen LogP contribution in [0.15, 0.2) is 23.1 Å². The summed E-state index contributed by atoms with van der Waals surface area (Å²) in [6.45, 7) is 14.5. The van der Waals surface area contributed by atoms with Crippen LogP contribution in [0.2, 0.25) is 0 Å². The Bertz CT molecular complexity index is 373. The van der Waals surface area contributed by atoms with Crippen LogP contribution >= 0.6 is 11.9 Å². The van der Waals surface area contributed by atoms with Gasteiger partial charge in [-0.05, 0) is 48.0 Å². The summed E-state index contributed by atoms with van der Waals surface area (Å²) in [7, 11) is 0. The number of hydrogen-bond acceptors (Lipinski definition) is 3. The molecule has 19 heavy (non-hydrogen) atoms. The molecule has 1 aliphatic heterocycles. The first-order chi connectivity index (χ1) is 9.16. The van der Waals surface area contributed by atoms with Crippen molar-refractivity contribution in [3.63, 3.8) is 0 Å². The molecule has 1 aliphatic rings. The van der Waals surface area contributed by atoms with Crippen molar-refractivity contribution in [1.82, 2.24) is 4.31 Å². The van der Waals surface area contributed by atoms with Crippen LogP contribution in [-0.2, 0) is 4.74 Å². The molecule has 0 aliphatic carbocycles. The van der Waals surface area contributed by atoms with Crippen LogP contribution in [0.4, 0.5) is 0 Å². The maximum absolute atomic E-state index is 5.36. The molecule has 0 amide bonds. The van der Waals surface area contributed by atoms with Crippen molar-refractivity contribution in [3.8, 4) is 0 Å². The molecule has 0 saturated carbocycles. The molecule has 108 valence electrons. The Morgan fingerprint density at radius 3 is 2.32 bits per heavy atom. The van der Waals surface area contributed by atoms with E-state index < -0.39 is 0 Å². The minimum atomic E-state index is 0.609. The summed E-state index contributed by atoms with van der Waals surface area (Å²) in [4.78, 5) is 1.34. The molecule has 3 heteroatoms. The second kappa shape index (κ2) is 8.62. The van der Waals surface area contributed by atoms with Crippen LogP contribution < -0.4 is 0 Å². The van der Waals surface area contributed by atoms with E-state index in [0.29, 0.717) is 5.92 Å². The molecule has 0 bridgehead atoms. The van der Waals surface area contributed by atoms with Gasteiger partial charge in [0.1, 0.15) is 0 Å². The topological polar surface area (TPSA) is 12.5 Å². The maximum Gasteiger partial charge on any atom is 0.0603 e. The standard InChI is InChI=1S/C14H21NOS.C2H6/c1-11(2)14-5-4-13(10-12(14)3)17-15-6-8-16-9-7-15;1-2/h4-5,10-11H,6-9H2,1-3H3;1-2H3. The van der Waals surface area contributed by atoms with E-state index in [2.05, 4.69) is 43.3 Å². The van der Waals surface area contributed by atoms with E-state index >= 15 is 0 Å². The zero-order valence-electron chi connectivity index (χ0n) is 12.9. The molecule has 1 aromatic rings.